The second kappa shape index (κ2) is 12.8. The maximum Gasteiger partial charge on any atom is 0.0714 e. The molecule has 0 saturated heterocycles. The summed E-state index contributed by atoms with van der Waals surface area (Å²) in [6, 6.07) is 58.6. The molecular weight excluding hydrogens is 603 g/mol. The highest BCUT2D eigenvalue weighted by Gasteiger charge is 2.47. The van der Waals surface area contributed by atoms with E-state index in [1.165, 1.54) is 66.4 Å². The zero-order valence-electron chi connectivity index (χ0n) is 29.2. The van der Waals surface area contributed by atoms with Gasteiger partial charge in [0, 0.05) is 17.1 Å². The van der Waals surface area contributed by atoms with E-state index in [2.05, 4.69) is 209 Å². The van der Waals surface area contributed by atoms with Crippen LogP contribution in [0.25, 0.3) is 33.0 Å². The van der Waals surface area contributed by atoms with Gasteiger partial charge in [-0.1, -0.05) is 145 Å². The fraction of sp³-hybridized carbons (Fsp3) is 0.102. The number of hydrogen-bond donors (Lipinski definition) is 0. The first-order valence-corrected chi connectivity index (χ1v) is 17.6. The Bertz CT molecular complexity index is 2400. The Morgan fingerprint density at radius 3 is 1.88 bits per heavy atom. The molecule has 0 fully saturated rings. The topological polar surface area (TPSA) is 3.24 Å². The van der Waals surface area contributed by atoms with Gasteiger partial charge in [0.05, 0.1) is 5.41 Å². The molecule has 0 aromatic heterocycles. The van der Waals surface area contributed by atoms with Crippen molar-refractivity contribution in [3.8, 4) is 22.3 Å². The Balaban J connectivity index is 1.46. The molecule has 0 heterocycles. The highest BCUT2D eigenvalue weighted by atomic mass is 15.1. The van der Waals surface area contributed by atoms with E-state index >= 15 is 0 Å². The molecule has 0 bridgehead atoms. The first kappa shape index (κ1) is 31.4. The first-order valence-electron chi connectivity index (χ1n) is 17.6. The summed E-state index contributed by atoms with van der Waals surface area (Å²) in [7, 11) is 0. The van der Waals surface area contributed by atoms with E-state index in [0.29, 0.717) is 0 Å². The minimum absolute atomic E-state index is 0.480. The Hall–Kier alpha value is -5.92. The van der Waals surface area contributed by atoms with Gasteiger partial charge < -0.3 is 4.90 Å². The number of hydrogen-bond acceptors (Lipinski definition) is 1. The van der Waals surface area contributed by atoms with Crippen LogP contribution in [0.2, 0.25) is 0 Å². The first-order chi connectivity index (χ1) is 24.5. The summed E-state index contributed by atoms with van der Waals surface area (Å²) in [5, 5.41) is 2.54. The van der Waals surface area contributed by atoms with Crippen LogP contribution in [-0.2, 0) is 5.41 Å². The van der Waals surface area contributed by atoms with Crippen molar-refractivity contribution < 1.29 is 0 Å². The van der Waals surface area contributed by atoms with Gasteiger partial charge in [0.1, 0.15) is 0 Å². The molecule has 7 aromatic carbocycles. The van der Waals surface area contributed by atoms with Crippen molar-refractivity contribution in [2.24, 2.45) is 0 Å². The molecule has 0 radical (unpaired) electrons. The van der Waals surface area contributed by atoms with Crippen molar-refractivity contribution in [2.75, 3.05) is 4.90 Å². The van der Waals surface area contributed by atoms with Crippen molar-refractivity contribution in [2.45, 2.75) is 33.1 Å². The van der Waals surface area contributed by atoms with Crippen molar-refractivity contribution in [1.82, 2.24) is 0 Å². The number of anilines is 2. The molecule has 0 aliphatic heterocycles. The molecule has 0 saturated carbocycles. The summed E-state index contributed by atoms with van der Waals surface area (Å²) < 4.78 is 0. The van der Waals surface area contributed by atoms with Gasteiger partial charge in [0.15, 0.2) is 0 Å². The molecular formula is C49H41N. The summed E-state index contributed by atoms with van der Waals surface area (Å²) >= 11 is 0. The van der Waals surface area contributed by atoms with E-state index in [-0.39, 0.29) is 0 Å². The molecule has 50 heavy (non-hydrogen) atoms. The van der Waals surface area contributed by atoms with E-state index < -0.39 is 5.41 Å². The highest BCUT2D eigenvalue weighted by molar-refractivity contribution is 6.10. The summed E-state index contributed by atoms with van der Waals surface area (Å²) in [6.07, 6.45) is 6.49. The lowest BCUT2D eigenvalue weighted by Crippen LogP contribution is -2.28. The molecule has 242 valence electrons. The molecule has 1 heteroatoms. The summed E-state index contributed by atoms with van der Waals surface area (Å²) in [6.45, 7) is 8.58. The van der Waals surface area contributed by atoms with Gasteiger partial charge in [-0.25, -0.2) is 0 Å². The number of rotatable bonds is 7. The summed E-state index contributed by atoms with van der Waals surface area (Å²) in [4.78, 5) is 2.36. The molecule has 1 unspecified atom stereocenters. The number of fused-ring (bicyclic) bond motifs is 5. The third-order valence-electron chi connectivity index (χ3n) is 10.3. The molecule has 1 nitrogen and oxygen atoms in total. The lowest BCUT2D eigenvalue weighted by Gasteiger charge is -2.34. The quantitative estimate of drug-likeness (QED) is 0.156. The number of allylic oxidation sites excluding steroid dienone is 3. The van der Waals surface area contributed by atoms with Gasteiger partial charge in [-0.05, 0) is 125 Å². The van der Waals surface area contributed by atoms with Gasteiger partial charge in [-0.3, -0.25) is 0 Å². The summed E-state index contributed by atoms with van der Waals surface area (Å²) in [5.74, 6) is 0. The average molecular weight is 644 g/mol. The molecule has 0 amide bonds. The maximum absolute atomic E-state index is 2.51. The van der Waals surface area contributed by atoms with Crippen LogP contribution in [0.5, 0.6) is 0 Å². The van der Waals surface area contributed by atoms with E-state index in [1.54, 1.807) is 0 Å². The third kappa shape index (κ3) is 5.01. The van der Waals surface area contributed by atoms with Crippen molar-refractivity contribution in [3.63, 3.8) is 0 Å². The van der Waals surface area contributed by atoms with Crippen molar-refractivity contribution in [1.29, 1.82) is 0 Å². The molecule has 1 aliphatic rings. The average Bonchev–Trinajstić information content (AvgIpc) is 3.46. The second-order valence-electron chi connectivity index (χ2n) is 13.4. The van der Waals surface area contributed by atoms with Gasteiger partial charge in [0.25, 0.3) is 0 Å². The maximum atomic E-state index is 2.51. The minimum atomic E-state index is -0.480. The van der Waals surface area contributed by atoms with Crippen LogP contribution in [0.1, 0.15) is 47.2 Å². The fourth-order valence-corrected chi connectivity index (χ4v) is 8.20. The predicted molar refractivity (Wildman–Crippen MR) is 213 cm³/mol. The lowest BCUT2D eigenvalue weighted by molar-refractivity contribution is 0.769. The Morgan fingerprint density at radius 1 is 0.520 bits per heavy atom. The van der Waals surface area contributed by atoms with Gasteiger partial charge in [-0.15, -0.1) is 0 Å². The van der Waals surface area contributed by atoms with Crippen LogP contribution in [-0.4, -0.2) is 0 Å². The molecule has 7 aromatic rings. The van der Waals surface area contributed by atoms with E-state index in [4.69, 9.17) is 0 Å². The zero-order chi connectivity index (χ0) is 34.2. The van der Waals surface area contributed by atoms with Crippen molar-refractivity contribution in [3.05, 3.63) is 215 Å². The fourth-order valence-electron chi connectivity index (χ4n) is 8.20. The Labute approximate surface area is 296 Å². The minimum Gasteiger partial charge on any atom is -0.311 e. The number of para-hydroxylation sites is 1. The number of aryl methyl sites for hydroxylation is 2. The molecule has 1 aliphatic carbocycles. The molecule has 1 atom stereocenters. The molecule has 0 N–H and O–H groups in total. The van der Waals surface area contributed by atoms with Crippen LogP contribution < -0.4 is 4.90 Å². The van der Waals surface area contributed by atoms with Gasteiger partial charge in [0.2, 0.25) is 0 Å². The molecule has 8 rings (SSSR count). The molecule has 0 spiro atoms. The highest BCUT2D eigenvalue weighted by Crippen LogP contribution is 2.59. The Morgan fingerprint density at radius 2 is 1.16 bits per heavy atom. The monoisotopic (exact) mass is 643 g/mol. The predicted octanol–water partition coefficient (Wildman–Crippen LogP) is 13.1. The number of nitrogens with zero attached hydrogens (tertiary/aromatic N) is 1. The van der Waals surface area contributed by atoms with Gasteiger partial charge in [-0.2, -0.15) is 0 Å². The van der Waals surface area contributed by atoms with Crippen LogP contribution in [0.15, 0.2) is 182 Å². The van der Waals surface area contributed by atoms with Gasteiger partial charge >= 0.3 is 0 Å². The largest absolute Gasteiger partial charge is 0.311 e. The van der Waals surface area contributed by atoms with E-state index in [1.807, 2.05) is 0 Å². The van der Waals surface area contributed by atoms with Crippen LogP contribution >= 0.6 is 0 Å². The normalized spacial score (nSPS) is 15.3. The smallest absolute Gasteiger partial charge is 0.0714 e. The van der Waals surface area contributed by atoms with Crippen LogP contribution in [0, 0.1) is 13.8 Å². The van der Waals surface area contributed by atoms with Crippen LogP contribution in [0.3, 0.4) is 0 Å². The lowest BCUT2D eigenvalue weighted by atomic mass is 9.67. The van der Waals surface area contributed by atoms with Crippen LogP contribution in [0.4, 0.5) is 11.4 Å². The number of benzene rings is 7. The second-order valence-corrected chi connectivity index (χ2v) is 13.4. The Kier molecular flexibility index (Phi) is 8.05. The van der Waals surface area contributed by atoms with E-state index in [9.17, 15) is 0 Å². The summed E-state index contributed by atoms with van der Waals surface area (Å²) in [5.41, 5.74) is 15.7. The zero-order valence-corrected chi connectivity index (χ0v) is 29.2. The third-order valence-corrected chi connectivity index (χ3v) is 10.3. The van der Waals surface area contributed by atoms with E-state index in [0.717, 1.165) is 17.1 Å². The van der Waals surface area contributed by atoms with Crippen molar-refractivity contribution >= 4 is 22.1 Å². The standard InChI is InChI=1S/C49H41N/c1-5-17-39(6-2)50(40-20-11-8-12-21-40)41-31-35(4)30-36(32-41)45-33-47-48(43-23-14-13-22-42(43)45)44-24-15-16-25-46(44)49(47,37-18-9-7-10-19-37)38-28-26-34(3)27-29-38/h5-33H,1-4H3/b17-5-,39-6+. The SMILES string of the molecule is C/C=C\C(=C/C)N(c1ccccc1)c1cc(C)cc(-c2cc3c(c4ccccc24)-c2ccccc2C3(c2ccccc2)c2ccc(C)cc2)c1.